The second kappa shape index (κ2) is 5.86. The predicted molar refractivity (Wildman–Crippen MR) is 94.3 cm³/mol. The van der Waals surface area contributed by atoms with Crippen LogP contribution in [-0.4, -0.2) is 42.0 Å². The van der Waals surface area contributed by atoms with Gasteiger partial charge in [0.05, 0.1) is 12.0 Å². The van der Waals surface area contributed by atoms with E-state index in [1.54, 1.807) is 7.11 Å². The number of fused-ring (bicyclic) bond motifs is 1. The molecule has 4 rings (SSSR count). The van der Waals surface area contributed by atoms with Gasteiger partial charge < -0.3 is 15.4 Å². The Bertz CT molecular complexity index is 788. The number of carbonyl (C=O) groups is 1. The molecule has 2 heterocycles. The number of nitrogens with zero attached hydrogens (tertiary/aromatic N) is 2. The zero-order valence-electron chi connectivity index (χ0n) is 13.9. The van der Waals surface area contributed by atoms with Gasteiger partial charge in [0.1, 0.15) is 0 Å². The number of piperidine rings is 1. The summed E-state index contributed by atoms with van der Waals surface area (Å²) in [6.07, 6.45) is 1.21. The summed E-state index contributed by atoms with van der Waals surface area (Å²) in [4.78, 5) is 20.4. The molecule has 0 unspecified atom stereocenters. The lowest BCUT2D eigenvalue weighted by atomic mass is 10.1. The molecule has 126 valence electrons. The molecule has 1 aromatic carbocycles. The third-order valence-corrected chi connectivity index (χ3v) is 6.14. The smallest absolute Gasteiger partial charge is 0.274 e. The first kappa shape index (κ1) is 15.6. The predicted octanol–water partition coefficient (Wildman–Crippen LogP) is 2.55. The Morgan fingerprint density at radius 2 is 2.33 bits per heavy atom. The molecule has 5 nitrogen and oxygen atoms in total. The average Bonchev–Trinajstić information content (AvgIpc) is 3.08. The highest BCUT2D eigenvalue weighted by atomic mass is 32.1. The molecule has 3 atom stereocenters. The van der Waals surface area contributed by atoms with Crippen molar-refractivity contribution in [3.8, 4) is 15.6 Å². The van der Waals surface area contributed by atoms with Gasteiger partial charge in [0.25, 0.3) is 11.1 Å². The van der Waals surface area contributed by atoms with Crippen molar-refractivity contribution < 1.29 is 9.53 Å². The van der Waals surface area contributed by atoms with E-state index in [4.69, 9.17) is 10.5 Å². The minimum absolute atomic E-state index is 0.0197. The van der Waals surface area contributed by atoms with Gasteiger partial charge in [-0.05, 0) is 30.7 Å². The van der Waals surface area contributed by atoms with Gasteiger partial charge in [-0.3, -0.25) is 4.79 Å². The van der Waals surface area contributed by atoms with Gasteiger partial charge in [0.2, 0.25) is 0 Å². The molecule has 24 heavy (non-hydrogen) atoms. The molecular formula is C18H21N3O2S. The van der Waals surface area contributed by atoms with Crippen molar-refractivity contribution in [2.75, 3.05) is 20.2 Å². The Labute approximate surface area is 145 Å². The largest absolute Gasteiger partial charge is 0.473 e. The van der Waals surface area contributed by atoms with E-state index in [1.165, 1.54) is 17.8 Å². The van der Waals surface area contributed by atoms with Crippen molar-refractivity contribution in [2.45, 2.75) is 19.4 Å². The number of hydrogen-bond donors (Lipinski definition) is 1. The SMILES string of the molecule is COc1nc(C(=O)N2C[C@H]3C[C@H]3[C@H]2CN)c(-c2cccc(C)c2)s1. The number of ether oxygens (including phenoxy) is 1. The third kappa shape index (κ3) is 2.50. The average molecular weight is 343 g/mol. The van der Waals surface area contributed by atoms with Crippen LogP contribution in [0.1, 0.15) is 22.5 Å². The van der Waals surface area contributed by atoms with Crippen LogP contribution in [0.3, 0.4) is 0 Å². The Morgan fingerprint density at radius 1 is 1.50 bits per heavy atom. The van der Waals surface area contributed by atoms with Crippen LogP contribution in [0, 0.1) is 18.8 Å². The second-order valence-electron chi connectivity index (χ2n) is 6.65. The van der Waals surface area contributed by atoms with E-state index in [2.05, 4.69) is 11.1 Å². The van der Waals surface area contributed by atoms with E-state index in [0.717, 1.165) is 22.5 Å². The molecule has 2 N–H and O–H groups in total. The number of rotatable bonds is 4. The number of benzene rings is 1. The molecule has 1 aromatic heterocycles. The van der Waals surface area contributed by atoms with Gasteiger partial charge in [-0.1, -0.05) is 41.2 Å². The zero-order chi connectivity index (χ0) is 16.8. The fourth-order valence-electron chi connectivity index (χ4n) is 3.76. The van der Waals surface area contributed by atoms with Gasteiger partial charge in [0.15, 0.2) is 5.69 Å². The molecule has 1 aliphatic carbocycles. The van der Waals surface area contributed by atoms with E-state index in [-0.39, 0.29) is 11.9 Å². The van der Waals surface area contributed by atoms with Crippen molar-refractivity contribution in [1.29, 1.82) is 0 Å². The fraction of sp³-hybridized carbons (Fsp3) is 0.444. The summed E-state index contributed by atoms with van der Waals surface area (Å²) in [6, 6.07) is 8.28. The summed E-state index contributed by atoms with van der Waals surface area (Å²) >= 11 is 1.42. The van der Waals surface area contributed by atoms with E-state index in [9.17, 15) is 4.79 Å². The Morgan fingerprint density at radius 3 is 3.04 bits per heavy atom. The van der Waals surface area contributed by atoms with Crippen molar-refractivity contribution in [3.63, 3.8) is 0 Å². The maximum absolute atomic E-state index is 13.1. The van der Waals surface area contributed by atoms with E-state index in [1.807, 2.05) is 30.0 Å². The number of thiazole rings is 1. The Hall–Kier alpha value is -1.92. The number of likely N-dealkylation sites (tertiary alicyclic amines) is 1. The van der Waals surface area contributed by atoms with Crippen LogP contribution in [0.25, 0.3) is 10.4 Å². The number of aryl methyl sites for hydroxylation is 1. The number of aromatic nitrogens is 1. The minimum Gasteiger partial charge on any atom is -0.473 e. The van der Waals surface area contributed by atoms with Crippen molar-refractivity contribution in [1.82, 2.24) is 9.88 Å². The monoisotopic (exact) mass is 343 g/mol. The first-order valence-electron chi connectivity index (χ1n) is 8.25. The number of methoxy groups -OCH3 is 1. The van der Waals surface area contributed by atoms with Crippen LogP contribution < -0.4 is 10.5 Å². The van der Waals surface area contributed by atoms with Gasteiger partial charge in [-0.15, -0.1) is 0 Å². The van der Waals surface area contributed by atoms with Gasteiger partial charge >= 0.3 is 0 Å². The highest BCUT2D eigenvalue weighted by Gasteiger charge is 2.53. The van der Waals surface area contributed by atoms with Crippen molar-refractivity contribution in [3.05, 3.63) is 35.5 Å². The van der Waals surface area contributed by atoms with Crippen LogP contribution in [0.2, 0.25) is 0 Å². The summed E-state index contributed by atoms with van der Waals surface area (Å²) in [5.41, 5.74) is 8.57. The van der Waals surface area contributed by atoms with Gasteiger partial charge in [-0.25, -0.2) is 0 Å². The molecule has 2 fully saturated rings. The Kier molecular flexibility index (Phi) is 3.81. The highest BCUT2D eigenvalue weighted by molar-refractivity contribution is 7.17. The minimum atomic E-state index is -0.0197. The molecule has 0 spiro atoms. The first-order chi connectivity index (χ1) is 11.6. The number of nitrogens with two attached hydrogens (primary N) is 1. The standard InChI is InChI=1S/C18H21N3O2S/c1-10-4-3-5-11(6-10)16-15(20-18(23-2)24-16)17(22)21-9-12-7-13(12)14(21)8-19/h3-6,12-14H,7-9,19H2,1-2H3/t12-,13-,14-/m1/s1. The van der Waals surface area contributed by atoms with E-state index >= 15 is 0 Å². The number of amides is 1. The van der Waals surface area contributed by atoms with Crippen molar-refractivity contribution in [2.24, 2.45) is 17.6 Å². The lowest BCUT2D eigenvalue weighted by Crippen LogP contribution is -2.43. The van der Waals surface area contributed by atoms with Crippen LogP contribution in [0.15, 0.2) is 24.3 Å². The Balaban J connectivity index is 1.72. The van der Waals surface area contributed by atoms with Gasteiger partial charge in [-0.2, -0.15) is 4.98 Å². The van der Waals surface area contributed by atoms with Crippen LogP contribution in [-0.2, 0) is 0 Å². The van der Waals surface area contributed by atoms with Crippen molar-refractivity contribution >= 4 is 17.2 Å². The number of carbonyl (C=O) groups excluding carboxylic acids is 1. The zero-order valence-corrected chi connectivity index (χ0v) is 14.7. The van der Waals surface area contributed by atoms with Crippen LogP contribution >= 0.6 is 11.3 Å². The van der Waals surface area contributed by atoms with E-state index in [0.29, 0.717) is 29.3 Å². The molecule has 1 aliphatic heterocycles. The molecule has 1 saturated heterocycles. The quantitative estimate of drug-likeness (QED) is 0.926. The highest BCUT2D eigenvalue weighted by Crippen LogP contribution is 2.50. The summed E-state index contributed by atoms with van der Waals surface area (Å²) in [6.45, 7) is 3.37. The molecule has 0 bridgehead atoms. The first-order valence-corrected chi connectivity index (χ1v) is 9.07. The maximum atomic E-state index is 13.1. The lowest BCUT2D eigenvalue weighted by Gasteiger charge is -2.26. The molecule has 2 aromatic rings. The summed E-state index contributed by atoms with van der Waals surface area (Å²) < 4.78 is 5.30. The molecule has 2 aliphatic rings. The maximum Gasteiger partial charge on any atom is 0.274 e. The lowest BCUT2D eigenvalue weighted by molar-refractivity contribution is 0.0707. The molecule has 1 saturated carbocycles. The third-order valence-electron chi connectivity index (χ3n) is 5.07. The topological polar surface area (TPSA) is 68.5 Å². The van der Waals surface area contributed by atoms with Crippen LogP contribution in [0.5, 0.6) is 5.19 Å². The molecular weight excluding hydrogens is 322 g/mol. The molecule has 6 heteroatoms. The summed E-state index contributed by atoms with van der Waals surface area (Å²) in [5, 5.41) is 0.517. The molecule has 0 radical (unpaired) electrons. The fourth-order valence-corrected chi connectivity index (χ4v) is 4.63. The summed E-state index contributed by atoms with van der Waals surface area (Å²) in [5.74, 6) is 1.20. The number of hydrogen-bond acceptors (Lipinski definition) is 5. The van der Waals surface area contributed by atoms with Gasteiger partial charge in [0, 0.05) is 19.1 Å². The second-order valence-corrected chi connectivity index (χ2v) is 7.61. The van der Waals surface area contributed by atoms with E-state index < -0.39 is 0 Å². The molecule has 1 amide bonds. The summed E-state index contributed by atoms with van der Waals surface area (Å²) in [7, 11) is 1.58. The van der Waals surface area contributed by atoms with Crippen LogP contribution in [0.4, 0.5) is 0 Å². The normalized spacial score (nSPS) is 24.8.